The normalized spacial score (nSPS) is 11.7. The van der Waals surface area contributed by atoms with Crippen molar-refractivity contribution in [2.45, 2.75) is 6.42 Å². The van der Waals surface area contributed by atoms with Crippen LogP contribution in [0, 0.1) is 0 Å². The zero-order chi connectivity index (χ0) is 13.5. The van der Waals surface area contributed by atoms with E-state index in [0.717, 1.165) is 39.3 Å². The van der Waals surface area contributed by atoms with E-state index in [2.05, 4.69) is 22.1 Å². The number of benzene rings is 2. The lowest BCUT2D eigenvalue weighted by molar-refractivity contribution is 0.975. The van der Waals surface area contributed by atoms with Crippen molar-refractivity contribution in [1.82, 2.24) is 15.0 Å². The van der Waals surface area contributed by atoms with Crippen molar-refractivity contribution < 1.29 is 0 Å². The molecule has 2 heterocycles. The first-order chi connectivity index (χ1) is 9.88. The summed E-state index contributed by atoms with van der Waals surface area (Å²) in [5, 5.41) is 2.27. The molecule has 4 heteroatoms. The average molecular weight is 262 g/mol. The number of para-hydroxylation sites is 1. The van der Waals surface area contributed by atoms with Gasteiger partial charge in [0, 0.05) is 23.2 Å². The lowest BCUT2D eigenvalue weighted by Crippen LogP contribution is -2.03. The Morgan fingerprint density at radius 3 is 2.95 bits per heavy atom. The quantitative estimate of drug-likeness (QED) is 0.583. The van der Waals surface area contributed by atoms with Gasteiger partial charge >= 0.3 is 0 Å². The van der Waals surface area contributed by atoms with Gasteiger partial charge in [0.15, 0.2) is 0 Å². The predicted octanol–water partition coefficient (Wildman–Crippen LogP) is 2.77. The van der Waals surface area contributed by atoms with Gasteiger partial charge in [0.05, 0.1) is 22.1 Å². The molecule has 98 valence electrons. The molecule has 2 aromatic carbocycles. The summed E-state index contributed by atoms with van der Waals surface area (Å²) in [4.78, 5) is 12.6. The lowest BCUT2D eigenvalue weighted by atomic mass is 10.0. The molecule has 0 saturated heterocycles. The maximum atomic E-state index is 5.74. The molecule has 0 amide bonds. The molecule has 0 aliphatic rings. The second-order valence-electron chi connectivity index (χ2n) is 4.91. The van der Waals surface area contributed by atoms with Crippen molar-refractivity contribution in [2.24, 2.45) is 5.73 Å². The Balaban J connectivity index is 2.27. The molecule has 0 aliphatic carbocycles. The largest absolute Gasteiger partial charge is 0.358 e. The molecule has 0 saturated carbocycles. The van der Waals surface area contributed by atoms with Crippen LogP contribution in [0.25, 0.3) is 32.8 Å². The fraction of sp³-hybridized carbons (Fsp3) is 0.125. The Labute approximate surface area is 115 Å². The van der Waals surface area contributed by atoms with Gasteiger partial charge < -0.3 is 10.7 Å². The third-order valence-corrected chi connectivity index (χ3v) is 3.69. The number of hydrogen-bond acceptors (Lipinski definition) is 3. The van der Waals surface area contributed by atoms with Crippen LogP contribution < -0.4 is 5.73 Å². The van der Waals surface area contributed by atoms with Crippen LogP contribution in [-0.4, -0.2) is 21.5 Å². The third kappa shape index (κ3) is 1.52. The van der Waals surface area contributed by atoms with Crippen LogP contribution in [-0.2, 0) is 6.42 Å². The van der Waals surface area contributed by atoms with Crippen LogP contribution in [0.2, 0.25) is 0 Å². The van der Waals surface area contributed by atoms with Crippen LogP contribution in [0.5, 0.6) is 0 Å². The van der Waals surface area contributed by atoms with Gasteiger partial charge in [-0.15, -0.1) is 0 Å². The number of H-pyrrole nitrogens is 1. The number of aromatic nitrogens is 3. The predicted molar refractivity (Wildman–Crippen MR) is 81.7 cm³/mol. The van der Waals surface area contributed by atoms with Gasteiger partial charge in [0.25, 0.3) is 0 Å². The van der Waals surface area contributed by atoms with E-state index >= 15 is 0 Å². The molecule has 4 aromatic rings. The Morgan fingerprint density at radius 2 is 2.05 bits per heavy atom. The molecule has 2 aromatic heterocycles. The third-order valence-electron chi connectivity index (χ3n) is 3.69. The Hall–Kier alpha value is -2.46. The number of nitrogens with two attached hydrogens (primary N) is 1. The minimum atomic E-state index is 0.615. The van der Waals surface area contributed by atoms with E-state index in [4.69, 9.17) is 10.7 Å². The van der Waals surface area contributed by atoms with Crippen LogP contribution in [0.1, 0.15) is 5.56 Å². The molecule has 20 heavy (non-hydrogen) atoms. The van der Waals surface area contributed by atoms with Crippen LogP contribution in [0.4, 0.5) is 0 Å². The summed E-state index contributed by atoms with van der Waals surface area (Å²) in [6, 6.07) is 10.3. The molecule has 0 atom stereocenters. The smallest absolute Gasteiger partial charge is 0.0965 e. The highest BCUT2D eigenvalue weighted by atomic mass is 14.8. The summed E-state index contributed by atoms with van der Waals surface area (Å²) in [6.07, 6.45) is 4.45. The number of nitrogens with one attached hydrogen (secondary N) is 1. The van der Waals surface area contributed by atoms with Gasteiger partial charge in [0.1, 0.15) is 0 Å². The van der Waals surface area contributed by atoms with Crippen molar-refractivity contribution in [2.75, 3.05) is 6.54 Å². The van der Waals surface area contributed by atoms with E-state index in [1.165, 1.54) is 5.56 Å². The van der Waals surface area contributed by atoms with Crippen LogP contribution >= 0.6 is 0 Å². The highest BCUT2D eigenvalue weighted by molar-refractivity contribution is 6.19. The second-order valence-corrected chi connectivity index (χ2v) is 4.91. The van der Waals surface area contributed by atoms with Crippen LogP contribution in [0.3, 0.4) is 0 Å². The fourth-order valence-corrected chi connectivity index (χ4v) is 2.83. The topological polar surface area (TPSA) is 67.6 Å². The van der Waals surface area contributed by atoms with E-state index < -0.39 is 0 Å². The number of hydrogen-bond donors (Lipinski definition) is 2. The first-order valence-corrected chi connectivity index (χ1v) is 6.72. The highest BCUT2D eigenvalue weighted by Crippen LogP contribution is 2.32. The number of aromatic amines is 1. The SMILES string of the molecule is NCCc1cc2[nH]ccnc2c2c1nc1ccccc12. The fourth-order valence-electron chi connectivity index (χ4n) is 2.83. The highest BCUT2D eigenvalue weighted by Gasteiger charge is 2.13. The van der Waals surface area contributed by atoms with Gasteiger partial charge in [-0.3, -0.25) is 4.98 Å². The minimum Gasteiger partial charge on any atom is -0.358 e. The molecule has 4 rings (SSSR count). The standard InChI is InChI=1S/C16H14N4/c17-6-5-10-9-13-16(19-8-7-18-13)14-11-3-1-2-4-12(11)20-15(10)14/h1-4,7-9,18H,5-6,17H2. The Kier molecular flexibility index (Phi) is 2.44. The van der Waals surface area contributed by atoms with E-state index in [9.17, 15) is 0 Å². The van der Waals surface area contributed by atoms with Crippen molar-refractivity contribution >= 4 is 32.8 Å². The molecule has 0 radical (unpaired) electrons. The van der Waals surface area contributed by atoms with Gasteiger partial charge in [0.2, 0.25) is 0 Å². The molecule has 0 spiro atoms. The van der Waals surface area contributed by atoms with E-state index in [-0.39, 0.29) is 0 Å². The number of fused-ring (bicyclic) bond motifs is 5. The molecule has 3 N–H and O–H groups in total. The zero-order valence-corrected chi connectivity index (χ0v) is 10.9. The molecule has 0 aliphatic heterocycles. The number of nitrogens with zero attached hydrogens (tertiary/aromatic N) is 2. The van der Waals surface area contributed by atoms with Crippen LogP contribution in [0.15, 0.2) is 42.7 Å². The Morgan fingerprint density at radius 1 is 1.15 bits per heavy atom. The summed E-state index contributed by atoms with van der Waals surface area (Å²) in [6.45, 7) is 0.615. The monoisotopic (exact) mass is 262 g/mol. The summed E-state index contributed by atoms with van der Waals surface area (Å²) in [5.41, 5.74) is 10.9. The molecular weight excluding hydrogens is 248 g/mol. The zero-order valence-electron chi connectivity index (χ0n) is 10.9. The molecule has 0 unspecified atom stereocenters. The van der Waals surface area contributed by atoms with E-state index in [1.807, 2.05) is 24.4 Å². The average Bonchev–Trinajstić information content (AvgIpc) is 2.88. The summed E-state index contributed by atoms with van der Waals surface area (Å²) in [7, 11) is 0. The van der Waals surface area contributed by atoms with Crippen molar-refractivity contribution in [3.05, 3.63) is 48.3 Å². The van der Waals surface area contributed by atoms with E-state index in [1.54, 1.807) is 6.20 Å². The molecular formula is C16H14N4. The van der Waals surface area contributed by atoms with Crippen molar-refractivity contribution in [1.29, 1.82) is 0 Å². The first-order valence-electron chi connectivity index (χ1n) is 6.72. The van der Waals surface area contributed by atoms with Gasteiger partial charge in [-0.1, -0.05) is 18.2 Å². The van der Waals surface area contributed by atoms with E-state index in [0.29, 0.717) is 6.54 Å². The number of rotatable bonds is 2. The maximum Gasteiger partial charge on any atom is 0.0965 e. The first kappa shape index (κ1) is 11.4. The van der Waals surface area contributed by atoms with Crippen molar-refractivity contribution in [3.8, 4) is 0 Å². The second kappa shape index (κ2) is 4.28. The maximum absolute atomic E-state index is 5.74. The summed E-state index contributed by atoms with van der Waals surface area (Å²) in [5.74, 6) is 0. The molecule has 0 bridgehead atoms. The van der Waals surface area contributed by atoms with Gasteiger partial charge in [-0.25, -0.2) is 4.98 Å². The van der Waals surface area contributed by atoms with Gasteiger partial charge in [-0.05, 0) is 30.7 Å². The lowest BCUT2D eigenvalue weighted by Gasteiger charge is -2.05. The summed E-state index contributed by atoms with van der Waals surface area (Å²) >= 11 is 0. The summed E-state index contributed by atoms with van der Waals surface area (Å²) < 4.78 is 0. The van der Waals surface area contributed by atoms with Crippen molar-refractivity contribution in [3.63, 3.8) is 0 Å². The minimum absolute atomic E-state index is 0.615. The van der Waals surface area contributed by atoms with Gasteiger partial charge in [-0.2, -0.15) is 0 Å². The molecule has 4 nitrogen and oxygen atoms in total. The molecule has 0 fully saturated rings. The Bertz CT molecular complexity index is 924.